The van der Waals surface area contributed by atoms with Crippen molar-refractivity contribution in [2.45, 2.75) is 56.8 Å². The topological polar surface area (TPSA) is 81.7 Å². The molecule has 0 bridgehead atoms. The van der Waals surface area contributed by atoms with Gasteiger partial charge in [-0.3, -0.25) is 4.18 Å². The second-order valence-electron chi connectivity index (χ2n) is 8.00. The Balaban J connectivity index is 2.26. The lowest BCUT2D eigenvalue weighted by atomic mass is 10.0. The first-order chi connectivity index (χ1) is 14.0. The van der Waals surface area contributed by atoms with Crippen LogP contribution in [0.4, 0.5) is 4.79 Å². The summed E-state index contributed by atoms with van der Waals surface area (Å²) in [7, 11) is -4.07. The number of carbonyl (C=O) groups is 1. The smallest absolute Gasteiger partial charge is 0.407 e. The number of carbonyl (C=O) groups excluding carboxylic acids is 1. The minimum atomic E-state index is -4.07. The Morgan fingerprint density at radius 3 is 2.20 bits per heavy atom. The van der Waals surface area contributed by atoms with Gasteiger partial charge in [0.25, 0.3) is 10.1 Å². The minimum absolute atomic E-state index is 0.0268. The third kappa shape index (κ3) is 7.63. The van der Waals surface area contributed by atoms with E-state index in [1.807, 2.05) is 37.3 Å². The lowest BCUT2D eigenvalue weighted by Crippen LogP contribution is -2.49. The van der Waals surface area contributed by atoms with Crippen LogP contribution in [0, 0.1) is 6.92 Å². The SMILES string of the molecule is Cc1ccc(S(=O)(=O)O[C@H](CCl)[C@H](Cc2ccccc2)NC(=O)OC(C)(C)C)cc1. The molecule has 0 aliphatic carbocycles. The van der Waals surface area contributed by atoms with E-state index >= 15 is 0 Å². The fourth-order valence-corrected chi connectivity index (χ4v) is 4.19. The van der Waals surface area contributed by atoms with Gasteiger partial charge in [0, 0.05) is 0 Å². The van der Waals surface area contributed by atoms with Gasteiger partial charge in [-0.15, -0.1) is 11.6 Å². The number of aryl methyl sites for hydroxylation is 1. The predicted molar refractivity (Wildman–Crippen MR) is 117 cm³/mol. The summed E-state index contributed by atoms with van der Waals surface area (Å²) < 4.78 is 36.3. The molecule has 1 amide bonds. The number of nitrogens with one attached hydrogen (secondary N) is 1. The van der Waals surface area contributed by atoms with Gasteiger partial charge < -0.3 is 10.1 Å². The molecule has 2 atom stereocenters. The third-order valence-electron chi connectivity index (χ3n) is 4.16. The van der Waals surface area contributed by atoms with Gasteiger partial charge >= 0.3 is 6.09 Å². The fraction of sp³-hybridized carbons (Fsp3) is 0.409. The van der Waals surface area contributed by atoms with Gasteiger partial charge in [-0.1, -0.05) is 48.0 Å². The van der Waals surface area contributed by atoms with Crippen LogP contribution in [0.3, 0.4) is 0 Å². The Labute approximate surface area is 183 Å². The van der Waals surface area contributed by atoms with Crippen LogP contribution in [0.5, 0.6) is 0 Å². The molecule has 0 fully saturated rings. The van der Waals surface area contributed by atoms with Crippen molar-refractivity contribution in [3.8, 4) is 0 Å². The largest absolute Gasteiger partial charge is 0.444 e. The van der Waals surface area contributed by atoms with Crippen molar-refractivity contribution in [2.24, 2.45) is 0 Å². The molecule has 0 heterocycles. The molecule has 0 aliphatic rings. The van der Waals surface area contributed by atoms with Gasteiger partial charge in [0.2, 0.25) is 0 Å². The van der Waals surface area contributed by atoms with Crippen LogP contribution in [0.2, 0.25) is 0 Å². The normalized spacial score (nSPS) is 14.0. The molecule has 0 saturated carbocycles. The number of hydrogen-bond acceptors (Lipinski definition) is 5. The standard InChI is InChI=1S/C22H28ClNO5S/c1-16-10-12-18(13-11-16)30(26,27)29-20(15-23)19(14-17-8-6-5-7-9-17)24-21(25)28-22(2,3)4/h5-13,19-20H,14-15H2,1-4H3,(H,24,25)/t19-,20+/m0/s1. The molecule has 2 rings (SSSR count). The first-order valence-electron chi connectivity index (χ1n) is 9.59. The van der Waals surface area contributed by atoms with E-state index in [9.17, 15) is 13.2 Å². The molecule has 0 radical (unpaired) electrons. The van der Waals surface area contributed by atoms with Gasteiger partial charge in [0.1, 0.15) is 11.7 Å². The number of rotatable bonds is 8. The number of halogens is 1. The molecule has 30 heavy (non-hydrogen) atoms. The van der Waals surface area contributed by atoms with Gasteiger partial charge in [-0.2, -0.15) is 8.42 Å². The van der Waals surface area contributed by atoms with E-state index < -0.39 is 34.0 Å². The Morgan fingerprint density at radius 2 is 1.67 bits per heavy atom. The van der Waals surface area contributed by atoms with Crippen molar-refractivity contribution in [1.82, 2.24) is 5.32 Å². The quantitative estimate of drug-likeness (QED) is 0.472. The summed E-state index contributed by atoms with van der Waals surface area (Å²) in [6.45, 7) is 7.10. The molecule has 0 aliphatic heterocycles. The number of ether oxygens (including phenoxy) is 1. The summed E-state index contributed by atoms with van der Waals surface area (Å²) in [4.78, 5) is 12.4. The van der Waals surface area contributed by atoms with Crippen molar-refractivity contribution in [3.63, 3.8) is 0 Å². The van der Waals surface area contributed by atoms with E-state index in [-0.39, 0.29) is 10.8 Å². The Morgan fingerprint density at radius 1 is 1.07 bits per heavy atom. The molecule has 0 aromatic heterocycles. The summed E-state index contributed by atoms with van der Waals surface area (Å²) in [6.07, 6.45) is -1.35. The van der Waals surface area contributed by atoms with E-state index in [1.165, 1.54) is 12.1 Å². The number of alkyl carbamates (subject to hydrolysis) is 1. The first-order valence-corrected chi connectivity index (χ1v) is 11.5. The van der Waals surface area contributed by atoms with E-state index in [2.05, 4.69) is 5.32 Å². The van der Waals surface area contributed by atoms with Crippen LogP contribution in [-0.4, -0.2) is 38.1 Å². The van der Waals surface area contributed by atoms with Crippen LogP contribution in [0.1, 0.15) is 31.9 Å². The summed E-state index contributed by atoms with van der Waals surface area (Å²) in [6, 6.07) is 15.0. The zero-order valence-corrected chi connectivity index (χ0v) is 19.2. The van der Waals surface area contributed by atoms with E-state index in [0.717, 1.165) is 11.1 Å². The van der Waals surface area contributed by atoms with Crippen LogP contribution in [0.15, 0.2) is 59.5 Å². The average Bonchev–Trinajstić information content (AvgIpc) is 2.65. The van der Waals surface area contributed by atoms with Crippen molar-refractivity contribution in [3.05, 3.63) is 65.7 Å². The van der Waals surface area contributed by atoms with Crippen LogP contribution >= 0.6 is 11.6 Å². The van der Waals surface area contributed by atoms with E-state index in [1.54, 1.807) is 32.9 Å². The molecular weight excluding hydrogens is 426 g/mol. The minimum Gasteiger partial charge on any atom is -0.444 e. The highest BCUT2D eigenvalue weighted by atomic mass is 35.5. The van der Waals surface area contributed by atoms with Crippen LogP contribution in [0.25, 0.3) is 0 Å². The molecule has 2 aromatic carbocycles. The molecule has 6 nitrogen and oxygen atoms in total. The number of amides is 1. The van der Waals surface area contributed by atoms with Gasteiger partial charge in [-0.05, 0) is 51.8 Å². The Kier molecular flexibility index (Phi) is 8.29. The Bertz CT molecular complexity index is 924. The predicted octanol–water partition coefficient (Wildman–Crippen LogP) is 4.44. The maximum atomic E-state index is 12.8. The molecule has 0 saturated heterocycles. The third-order valence-corrected chi connectivity index (χ3v) is 5.82. The molecule has 2 aromatic rings. The fourth-order valence-electron chi connectivity index (χ4n) is 2.73. The van der Waals surface area contributed by atoms with Crippen LogP contribution in [-0.2, 0) is 25.5 Å². The lowest BCUT2D eigenvalue weighted by molar-refractivity contribution is 0.0458. The van der Waals surface area contributed by atoms with Crippen molar-refractivity contribution < 1.29 is 22.1 Å². The van der Waals surface area contributed by atoms with Crippen molar-refractivity contribution >= 4 is 27.8 Å². The number of alkyl halides is 1. The monoisotopic (exact) mass is 453 g/mol. The lowest BCUT2D eigenvalue weighted by Gasteiger charge is -2.28. The number of benzene rings is 2. The van der Waals surface area contributed by atoms with Crippen molar-refractivity contribution in [2.75, 3.05) is 5.88 Å². The molecule has 164 valence electrons. The van der Waals surface area contributed by atoms with Crippen molar-refractivity contribution in [1.29, 1.82) is 0 Å². The molecule has 1 N–H and O–H groups in total. The zero-order valence-electron chi connectivity index (χ0n) is 17.6. The van der Waals surface area contributed by atoms with Gasteiger partial charge in [0.05, 0.1) is 16.8 Å². The zero-order chi connectivity index (χ0) is 22.4. The maximum Gasteiger partial charge on any atom is 0.407 e. The molecule has 0 spiro atoms. The maximum absolute atomic E-state index is 12.8. The number of hydrogen-bond donors (Lipinski definition) is 1. The summed E-state index contributed by atoms with van der Waals surface area (Å²) in [5.41, 5.74) is 1.12. The summed E-state index contributed by atoms with van der Waals surface area (Å²) >= 11 is 6.08. The van der Waals surface area contributed by atoms with E-state index in [0.29, 0.717) is 6.42 Å². The second-order valence-corrected chi connectivity index (χ2v) is 9.88. The van der Waals surface area contributed by atoms with Gasteiger partial charge in [-0.25, -0.2) is 4.79 Å². The first kappa shape index (κ1) is 24.2. The molecule has 0 unspecified atom stereocenters. The Hall–Kier alpha value is -2.09. The highest BCUT2D eigenvalue weighted by Gasteiger charge is 2.31. The summed E-state index contributed by atoms with van der Waals surface area (Å²) in [5.74, 6) is -0.140. The van der Waals surface area contributed by atoms with Crippen LogP contribution < -0.4 is 5.32 Å². The molecule has 8 heteroatoms. The average molecular weight is 454 g/mol. The molecular formula is C22H28ClNO5S. The van der Waals surface area contributed by atoms with Gasteiger partial charge in [0.15, 0.2) is 0 Å². The second kappa shape index (κ2) is 10.3. The van der Waals surface area contributed by atoms with E-state index in [4.69, 9.17) is 20.5 Å². The highest BCUT2D eigenvalue weighted by molar-refractivity contribution is 7.86. The highest BCUT2D eigenvalue weighted by Crippen LogP contribution is 2.19. The summed E-state index contributed by atoms with van der Waals surface area (Å²) in [5, 5.41) is 2.72.